The molecule has 0 fully saturated rings. The number of hydrogen-bond donors (Lipinski definition) is 1. The lowest BCUT2D eigenvalue weighted by Crippen LogP contribution is -2.34. The molecular weight excluding hydrogens is 355 g/mol. The molecule has 0 bridgehead atoms. The summed E-state index contributed by atoms with van der Waals surface area (Å²) < 4.78 is 15.0. The lowest BCUT2D eigenvalue weighted by atomic mass is 10.0. The molecule has 0 amide bonds. The Labute approximate surface area is 137 Å². The van der Waals surface area contributed by atoms with Gasteiger partial charge in [-0.25, -0.2) is 4.39 Å². The van der Waals surface area contributed by atoms with E-state index in [1.54, 1.807) is 12.1 Å². The van der Waals surface area contributed by atoms with Crippen LogP contribution in [0.25, 0.3) is 0 Å². The number of para-hydroxylation sites is 1. The summed E-state index contributed by atoms with van der Waals surface area (Å²) in [7, 11) is 0. The number of benzene rings is 2. The van der Waals surface area contributed by atoms with Crippen LogP contribution in [0.15, 0.2) is 46.9 Å². The monoisotopic (exact) mass is 370 g/mol. The third-order valence-corrected chi connectivity index (χ3v) is 4.24. The molecular formula is C16H17BrClFN2. The summed E-state index contributed by atoms with van der Waals surface area (Å²) >= 11 is 9.71. The summed E-state index contributed by atoms with van der Waals surface area (Å²) in [6.07, 6.45) is 0. The van der Waals surface area contributed by atoms with Crippen molar-refractivity contribution >= 4 is 33.2 Å². The first kappa shape index (κ1) is 16.3. The topological polar surface area (TPSA) is 29.3 Å². The van der Waals surface area contributed by atoms with Gasteiger partial charge in [0.25, 0.3) is 0 Å². The molecule has 1 unspecified atom stereocenters. The van der Waals surface area contributed by atoms with Gasteiger partial charge in [-0.2, -0.15) is 0 Å². The Hall–Kier alpha value is -1.10. The van der Waals surface area contributed by atoms with Crippen molar-refractivity contribution in [3.05, 3.63) is 63.3 Å². The predicted octanol–water partition coefficient (Wildman–Crippen LogP) is 4.77. The van der Waals surface area contributed by atoms with Crippen LogP contribution >= 0.6 is 27.5 Å². The standard InChI is InChI=1S/C16H17BrClFN2/c1-2-21(15-6-4-3-5-14(15)19)16(10-20)12-8-7-11(17)9-13(12)18/h3-9,16H,2,10,20H2,1H3. The van der Waals surface area contributed by atoms with Crippen molar-refractivity contribution in [2.24, 2.45) is 5.73 Å². The number of nitrogens with zero attached hydrogens (tertiary/aromatic N) is 1. The smallest absolute Gasteiger partial charge is 0.146 e. The molecule has 0 aliphatic heterocycles. The van der Waals surface area contributed by atoms with E-state index in [-0.39, 0.29) is 11.9 Å². The second-order valence-electron chi connectivity index (χ2n) is 4.65. The third-order valence-electron chi connectivity index (χ3n) is 3.42. The maximum Gasteiger partial charge on any atom is 0.146 e. The van der Waals surface area contributed by atoms with E-state index in [1.807, 2.05) is 36.1 Å². The summed E-state index contributed by atoms with van der Waals surface area (Å²) in [5.74, 6) is -0.258. The number of likely N-dealkylation sites (N-methyl/N-ethyl adjacent to an activating group) is 1. The molecule has 0 spiro atoms. The van der Waals surface area contributed by atoms with Crippen molar-refractivity contribution < 1.29 is 4.39 Å². The molecule has 21 heavy (non-hydrogen) atoms. The summed E-state index contributed by atoms with van der Waals surface area (Å²) in [6, 6.07) is 12.2. The van der Waals surface area contributed by atoms with E-state index < -0.39 is 0 Å². The first-order valence-corrected chi connectivity index (χ1v) is 7.91. The van der Waals surface area contributed by atoms with Crippen LogP contribution in [0.1, 0.15) is 18.5 Å². The Balaban J connectivity index is 2.45. The van der Waals surface area contributed by atoms with E-state index >= 15 is 0 Å². The molecule has 112 valence electrons. The van der Waals surface area contributed by atoms with Gasteiger partial charge in [0.1, 0.15) is 5.82 Å². The van der Waals surface area contributed by atoms with Gasteiger partial charge in [-0.3, -0.25) is 0 Å². The summed E-state index contributed by atoms with van der Waals surface area (Å²) in [5.41, 5.74) is 7.37. The number of nitrogens with two attached hydrogens (primary N) is 1. The lowest BCUT2D eigenvalue weighted by molar-refractivity contribution is 0.588. The first-order chi connectivity index (χ1) is 10.1. The zero-order chi connectivity index (χ0) is 15.4. The van der Waals surface area contributed by atoms with Crippen LogP contribution in [0.3, 0.4) is 0 Å². The van der Waals surface area contributed by atoms with Gasteiger partial charge in [-0.15, -0.1) is 0 Å². The van der Waals surface area contributed by atoms with Crippen LogP contribution < -0.4 is 10.6 Å². The van der Waals surface area contributed by atoms with Crippen LogP contribution in [-0.2, 0) is 0 Å². The van der Waals surface area contributed by atoms with Crippen molar-refractivity contribution in [1.29, 1.82) is 0 Å². The average Bonchev–Trinajstić information content (AvgIpc) is 2.47. The molecule has 0 saturated carbocycles. The SMILES string of the molecule is CCN(c1ccccc1F)C(CN)c1ccc(Br)cc1Cl. The molecule has 1 atom stereocenters. The van der Waals surface area contributed by atoms with E-state index in [9.17, 15) is 4.39 Å². The molecule has 2 N–H and O–H groups in total. The van der Waals surface area contributed by atoms with Gasteiger partial charge in [0, 0.05) is 22.6 Å². The minimum absolute atomic E-state index is 0.174. The van der Waals surface area contributed by atoms with E-state index in [2.05, 4.69) is 15.9 Å². The number of rotatable bonds is 5. The minimum atomic E-state index is -0.258. The number of halogens is 3. The normalized spacial score (nSPS) is 12.2. The largest absolute Gasteiger partial charge is 0.361 e. The summed E-state index contributed by atoms with van der Waals surface area (Å²) in [5, 5.41) is 0.620. The quantitative estimate of drug-likeness (QED) is 0.820. The predicted molar refractivity (Wildman–Crippen MR) is 90.4 cm³/mol. The fraction of sp³-hybridized carbons (Fsp3) is 0.250. The highest BCUT2D eigenvalue weighted by atomic mass is 79.9. The lowest BCUT2D eigenvalue weighted by Gasteiger charge is -2.33. The summed E-state index contributed by atoms with van der Waals surface area (Å²) in [6.45, 7) is 2.96. The first-order valence-electron chi connectivity index (χ1n) is 6.74. The van der Waals surface area contributed by atoms with Crippen molar-refractivity contribution in [3.8, 4) is 0 Å². The second-order valence-corrected chi connectivity index (χ2v) is 5.98. The fourth-order valence-electron chi connectivity index (χ4n) is 2.44. The van der Waals surface area contributed by atoms with E-state index in [1.165, 1.54) is 6.07 Å². The second kappa shape index (κ2) is 7.25. The van der Waals surface area contributed by atoms with Gasteiger partial charge >= 0.3 is 0 Å². The zero-order valence-corrected chi connectivity index (χ0v) is 14.0. The Morgan fingerprint density at radius 2 is 2.00 bits per heavy atom. The van der Waals surface area contributed by atoms with E-state index in [0.717, 1.165) is 10.0 Å². The van der Waals surface area contributed by atoms with Gasteiger partial charge in [0.15, 0.2) is 0 Å². The fourth-order valence-corrected chi connectivity index (χ4v) is 3.24. The molecule has 0 aliphatic rings. The van der Waals surface area contributed by atoms with Crippen LogP contribution in [0, 0.1) is 5.82 Å². The average molecular weight is 372 g/mol. The van der Waals surface area contributed by atoms with Crippen LogP contribution in [-0.4, -0.2) is 13.1 Å². The Morgan fingerprint density at radius 3 is 2.57 bits per heavy atom. The van der Waals surface area contributed by atoms with Crippen LogP contribution in [0.5, 0.6) is 0 Å². The molecule has 2 rings (SSSR count). The molecule has 2 nitrogen and oxygen atoms in total. The number of anilines is 1. The Bertz CT molecular complexity index is 621. The molecule has 2 aromatic rings. The molecule has 0 aliphatic carbocycles. The Kier molecular flexibility index (Phi) is 5.62. The molecule has 0 radical (unpaired) electrons. The van der Waals surface area contributed by atoms with Gasteiger partial charge in [0.2, 0.25) is 0 Å². The molecule has 0 saturated heterocycles. The highest BCUT2D eigenvalue weighted by Crippen LogP contribution is 2.33. The zero-order valence-electron chi connectivity index (χ0n) is 11.7. The van der Waals surface area contributed by atoms with Crippen LogP contribution in [0.2, 0.25) is 5.02 Å². The van der Waals surface area contributed by atoms with Crippen LogP contribution in [0.4, 0.5) is 10.1 Å². The van der Waals surface area contributed by atoms with E-state index in [4.69, 9.17) is 17.3 Å². The Morgan fingerprint density at radius 1 is 1.29 bits per heavy atom. The molecule has 2 aromatic carbocycles. The molecule has 0 aromatic heterocycles. The van der Waals surface area contributed by atoms with Crippen molar-refractivity contribution in [2.45, 2.75) is 13.0 Å². The van der Waals surface area contributed by atoms with Crippen molar-refractivity contribution in [2.75, 3.05) is 18.0 Å². The highest BCUT2D eigenvalue weighted by molar-refractivity contribution is 9.10. The maximum absolute atomic E-state index is 14.1. The van der Waals surface area contributed by atoms with Crippen molar-refractivity contribution in [3.63, 3.8) is 0 Å². The molecule has 5 heteroatoms. The van der Waals surface area contributed by atoms with Gasteiger partial charge in [-0.1, -0.05) is 45.7 Å². The maximum atomic E-state index is 14.1. The van der Waals surface area contributed by atoms with Gasteiger partial charge < -0.3 is 10.6 Å². The molecule has 0 heterocycles. The van der Waals surface area contributed by atoms with Crippen molar-refractivity contribution in [1.82, 2.24) is 0 Å². The third kappa shape index (κ3) is 3.57. The van der Waals surface area contributed by atoms with E-state index in [0.29, 0.717) is 23.8 Å². The summed E-state index contributed by atoms with van der Waals surface area (Å²) in [4.78, 5) is 1.93. The number of hydrogen-bond acceptors (Lipinski definition) is 2. The highest BCUT2D eigenvalue weighted by Gasteiger charge is 2.22. The minimum Gasteiger partial charge on any atom is -0.361 e. The van der Waals surface area contributed by atoms with Gasteiger partial charge in [-0.05, 0) is 36.8 Å². The van der Waals surface area contributed by atoms with Gasteiger partial charge in [0.05, 0.1) is 11.7 Å².